The summed E-state index contributed by atoms with van der Waals surface area (Å²) in [5, 5.41) is 2.85. The summed E-state index contributed by atoms with van der Waals surface area (Å²) in [6.45, 7) is 4.10. The molecule has 0 radical (unpaired) electrons. The number of nitrogens with zero attached hydrogens (tertiary/aromatic N) is 3. The van der Waals surface area contributed by atoms with Crippen LogP contribution in [-0.4, -0.2) is 82.1 Å². The van der Waals surface area contributed by atoms with Crippen molar-refractivity contribution in [2.75, 3.05) is 62.0 Å². The van der Waals surface area contributed by atoms with Gasteiger partial charge in [0.05, 0.1) is 11.5 Å². The lowest BCUT2D eigenvalue weighted by Crippen LogP contribution is -2.44. The van der Waals surface area contributed by atoms with Crippen molar-refractivity contribution in [1.29, 1.82) is 0 Å². The highest BCUT2D eigenvalue weighted by Crippen LogP contribution is 2.21. The summed E-state index contributed by atoms with van der Waals surface area (Å²) in [5.41, 5.74) is 1.87. The summed E-state index contributed by atoms with van der Waals surface area (Å²) in [6, 6.07) is 7.31. The van der Waals surface area contributed by atoms with Gasteiger partial charge in [-0.3, -0.25) is 0 Å². The Balaban J connectivity index is 1.57. The highest BCUT2D eigenvalue weighted by molar-refractivity contribution is 7.91. The second kappa shape index (κ2) is 7.21. The highest BCUT2D eigenvalue weighted by atomic mass is 32.2. The Labute approximate surface area is 149 Å². The van der Waals surface area contributed by atoms with E-state index in [1.165, 1.54) is 4.90 Å². The van der Waals surface area contributed by atoms with Crippen LogP contribution in [0.5, 0.6) is 0 Å². The molecule has 7 nitrogen and oxygen atoms in total. The first-order chi connectivity index (χ1) is 11.8. The van der Waals surface area contributed by atoms with Gasteiger partial charge in [-0.25, -0.2) is 13.2 Å². The number of anilines is 2. The van der Waals surface area contributed by atoms with Crippen molar-refractivity contribution in [3.63, 3.8) is 0 Å². The summed E-state index contributed by atoms with van der Waals surface area (Å²) in [7, 11) is 0.780. The Bertz CT molecular complexity index is 712. The third kappa shape index (κ3) is 4.43. The van der Waals surface area contributed by atoms with Crippen LogP contribution in [0.2, 0.25) is 0 Å². The molecule has 0 spiro atoms. The molecule has 0 aromatic heterocycles. The lowest BCUT2D eigenvalue weighted by atomic mass is 10.2. The van der Waals surface area contributed by atoms with Crippen molar-refractivity contribution in [1.82, 2.24) is 9.80 Å². The maximum Gasteiger partial charge on any atom is 0.321 e. The summed E-state index contributed by atoms with van der Waals surface area (Å²) < 4.78 is 23.1. The summed E-state index contributed by atoms with van der Waals surface area (Å²) >= 11 is 0. The Kier molecular flexibility index (Phi) is 5.19. The first-order valence-corrected chi connectivity index (χ1v) is 10.4. The van der Waals surface area contributed by atoms with Crippen LogP contribution in [-0.2, 0) is 9.84 Å². The minimum absolute atomic E-state index is 0.0548. The van der Waals surface area contributed by atoms with E-state index < -0.39 is 9.84 Å². The summed E-state index contributed by atoms with van der Waals surface area (Å²) in [5.74, 6) is 0.217. The Hall–Kier alpha value is -1.80. The molecule has 0 saturated carbocycles. The molecule has 1 unspecified atom stereocenters. The van der Waals surface area contributed by atoms with Crippen LogP contribution >= 0.6 is 0 Å². The highest BCUT2D eigenvalue weighted by Gasteiger charge is 2.32. The van der Waals surface area contributed by atoms with Gasteiger partial charge in [0.15, 0.2) is 9.84 Å². The fourth-order valence-electron chi connectivity index (χ4n) is 3.28. The van der Waals surface area contributed by atoms with Gasteiger partial charge >= 0.3 is 6.03 Å². The molecule has 2 fully saturated rings. The molecule has 2 heterocycles. The number of hydrogen-bond donors (Lipinski definition) is 1. The van der Waals surface area contributed by atoms with Gasteiger partial charge in [-0.1, -0.05) is 0 Å². The molecule has 1 aromatic rings. The third-order valence-corrected chi connectivity index (χ3v) is 6.81. The maximum atomic E-state index is 12.3. The minimum atomic E-state index is -3.00. The van der Waals surface area contributed by atoms with E-state index in [4.69, 9.17) is 0 Å². The van der Waals surface area contributed by atoms with Gasteiger partial charge in [0.1, 0.15) is 0 Å². The van der Waals surface area contributed by atoms with Crippen molar-refractivity contribution in [2.45, 2.75) is 12.5 Å². The van der Waals surface area contributed by atoms with Crippen LogP contribution in [0.25, 0.3) is 0 Å². The fraction of sp³-hybridized carbons (Fsp3) is 0.588. The van der Waals surface area contributed by atoms with Crippen LogP contribution in [0.1, 0.15) is 6.42 Å². The van der Waals surface area contributed by atoms with E-state index in [-0.39, 0.29) is 23.6 Å². The quantitative estimate of drug-likeness (QED) is 0.867. The lowest BCUT2D eigenvalue weighted by Gasteiger charge is -2.34. The first kappa shape index (κ1) is 18.0. The summed E-state index contributed by atoms with van der Waals surface area (Å²) in [4.78, 5) is 18.5. The zero-order valence-electron chi connectivity index (χ0n) is 14.8. The average molecular weight is 366 g/mol. The average Bonchev–Trinajstić information content (AvgIpc) is 2.95. The molecule has 1 aromatic carbocycles. The number of nitrogens with one attached hydrogen (secondary N) is 1. The molecule has 0 bridgehead atoms. The molecule has 25 heavy (non-hydrogen) atoms. The Morgan fingerprint density at radius 1 is 1.16 bits per heavy atom. The summed E-state index contributed by atoms with van der Waals surface area (Å²) in [6.07, 6.45) is 0.509. The minimum Gasteiger partial charge on any atom is -0.369 e. The van der Waals surface area contributed by atoms with Crippen molar-refractivity contribution in [2.24, 2.45) is 0 Å². The van der Waals surface area contributed by atoms with Crippen LogP contribution in [0.4, 0.5) is 16.2 Å². The van der Waals surface area contributed by atoms with Crippen LogP contribution in [0.3, 0.4) is 0 Å². The molecule has 2 saturated heterocycles. The van der Waals surface area contributed by atoms with Crippen molar-refractivity contribution >= 4 is 27.2 Å². The van der Waals surface area contributed by atoms with Gasteiger partial charge in [0, 0.05) is 50.6 Å². The predicted octanol–water partition coefficient (Wildman–Crippen LogP) is 1.09. The van der Waals surface area contributed by atoms with Gasteiger partial charge in [0.25, 0.3) is 0 Å². The standard InChI is InChI=1S/C17H26N4O3S/c1-19-8-10-21(11-9-19)15-5-3-14(4-6-15)18-17(22)20(2)16-7-12-25(23,24)13-16/h3-6,16H,7-13H2,1-2H3,(H,18,22). The molecule has 138 valence electrons. The molecule has 2 amide bonds. The predicted molar refractivity (Wildman–Crippen MR) is 100.0 cm³/mol. The van der Waals surface area contributed by atoms with Gasteiger partial charge in [-0.2, -0.15) is 0 Å². The molecular formula is C17H26N4O3S. The molecule has 1 atom stereocenters. The number of piperazine rings is 1. The van der Waals surface area contributed by atoms with Gasteiger partial charge in [-0.15, -0.1) is 0 Å². The van der Waals surface area contributed by atoms with Crippen molar-refractivity contribution in [3.05, 3.63) is 24.3 Å². The van der Waals surface area contributed by atoms with E-state index in [2.05, 4.69) is 22.2 Å². The lowest BCUT2D eigenvalue weighted by molar-refractivity contribution is 0.209. The number of sulfone groups is 1. The Morgan fingerprint density at radius 3 is 2.36 bits per heavy atom. The Morgan fingerprint density at radius 2 is 1.80 bits per heavy atom. The largest absolute Gasteiger partial charge is 0.369 e. The van der Waals surface area contributed by atoms with Crippen molar-refractivity contribution < 1.29 is 13.2 Å². The number of hydrogen-bond acceptors (Lipinski definition) is 5. The molecule has 8 heteroatoms. The van der Waals surface area contributed by atoms with Crippen LogP contribution in [0.15, 0.2) is 24.3 Å². The molecule has 2 aliphatic heterocycles. The smallest absolute Gasteiger partial charge is 0.321 e. The molecule has 1 N–H and O–H groups in total. The van der Waals surface area contributed by atoms with Gasteiger partial charge < -0.3 is 20.0 Å². The number of carbonyl (C=O) groups is 1. The fourth-order valence-corrected chi connectivity index (χ4v) is 5.05. The van der Waals surface area contributed by atoms with E-state index in [9.17, 15) is 13.2 Å². The van der Waals surface area contributed by atoms with Crippen LogP contribution < -0.4 is 10.2 Å². The van der Waals surface area contributed by atoms with Crippen LogP contribution in [0, 0.1) is 0 Å². The number of carbonyl (C=O) groups excluding carboxylic acids is 1. The second-order valence-electron chi connectivity index (χ2n) is 6.94. The van der Waals surface area contributed by atoms with E-state index in [1.807, 2.05) is 24.3 Å². The topological polar surface area (TPSA) is 73.0 Å². The van der Waals surface area contributed by atoms with E-state index in [0.717, 1.165) is 37.6 Å². The molecule has 2 aliphatic rings. The number of amides is 2. The van der Waals surface area contributed by atoms with Gasteiger partial charge in [0.2, 0.25) is 0 Å². The zero-order valence-corrected chi connectivity index (χ0v) is 15.6. The third-order valence-electron chi connectivity index (χ3n) is 5.06. The maximum absolute atomic E-state index is 12.3. The second-order valence-corrected chi connectivity index (χ2v) is 9.16. The monoisotopic (exact) mass is 366 g/mol. The zero-order chi connectivity index (χ0) is 18.0. The molecule has 3 rings (SSSR count). The SMILES string of the molecule is CN1CCN(c2ccc(NC(=O)N(C)C3CCS(=O)(=O)C3)cc2)CC1. The van der Waals surface area contributed by atoms with Gasteiger partial charge in [-0.05, 0) is 37.7 Å². The first-order valence-electron chi connectivity index (χ1n) is 8.62. The van der Waals surface area contributed by atoms with Crippen molar-refractivity contribution in [3.8, 4) is 0 Å². The molecule has 0 aliphatic carbocycles. The number of likely N-dealkylation sites (N-methyl/N-ethyl adjacent to an activating group) is 1. The van der Waals surface area contributed by atoms with E-state index >= 15 is 0 Å². The number of urea groups is 1. The number of rotatable bonds is 3. The molecular weight excluding hydrogens is 340 g/mol. The van der Waals surface area contributed by atoms with E-state index in [1.54, 1.807) is 7.05 Å². The number of benzene rings is 1. The van der Waals surface area contributed by atoms with E-state index in [0.29, 0.717) is 6.42 Å². The normalized spacial score (nSPS) is 23.4.